The van der Waals surface area contributed by atoms with Crippen LogP contribution in [0.1, 0.15) is 16.7 Å². The minimum atomic E-state index is -0.976. The van der Waals surface area contributed by atoms with Gasteiger partial charge in [0.2, 0.25) is 5.95 Å². The van der Waals surface area contributed by atoms with Crippen molar-refractivity contribution in [3.05, 3.63) is 124 Å². The second kappa shape index (κ2) is 9.55. The molecule has 0 fully saturated rings. The summed E-state index contributed by atoms with van der Waals surface area (Å²) in [6, 6.07) is 29.6. The van der Waals surface area contributed by atoms with Gasteiger partial charge in [-0.15, -0.1) is 0 Å². The van der Waals surface area contributed by atoms with E-state index in [0.29, 0.717) is 0 Å². The number of hydrogen-bond donors (Lipinski definition) is 2. The Morgan fingerprint density at radius 3 is 1.78 bits per heavy atom. The van der Waals surface area contributed by atoms with Gasteiger partial charge in [0.15, 0.2) is 0 Å². The Morgan fingerprint density at radius 2 is 1.34 bits per heavy atom. The molecule has 0 spiro atoms. The minimum Gasteiger partial charge on any atom is -0.389 e. The summed E-state index contributed by atoms with van der Waals surface area (Å²) in [5.74, 6) is -0.103. The lowest BCUT2D eigenvalue weighted by Gasteiger charge is -2.36. The van der Waals surface area contributed by atoms with Crippen LogP contribution in [0.25, 0.3) is 0 Å². The number of benzene rings is 3. The summed E-state index contributed by atoms with van der Waals surface area (Å²) in [5.41, 5.74) is 6.71. The molecule has 0 radical (unpaired) electrons. The van der Waals surface area contributed by atoms with E-state index in [1.165, 1.54) is 10.9 Å². The maximum Gasteiger partial charge on any atom is 0.352 e. The molecule has 4 rings (SSSR count). The number of aromatic nitrogens is 3. The first-order chi connectivity index (χ1) is 15.6. The summed E-state index contributed by atoms with van der Waals surface area (Å²) in [5, 5.41) is 10.7. The molecule has 0 aliphatic carbocycles. The van der Waals surface area contributed by atoms with Gasteiger partial charge in [0, 0.05) is 0 Å². The van der Waals surface area contributed by atoms with Crippen molar-refractivity contribution < 1.29 is 9.84 Å². The molecule has 1 heterocycles. The van der Waals surface area contributed by atoms with Gasteiger partial charge in [-0.05, 0) is 16.7 Å². The molecule has 3 N–H and O–H groups in total. The molecule has 1 atom stereocenters. The van der Waals surface area contributed by atoms with Crippen molar-refractivity contribution in [3.8, 4) is 0 Å². The SMILES string of the molecule is Nc1ncn(C[C@H](O)COC(c2ccccc2)(c2ccccc2)c2ccccc2)c(=O)n1. The summed E-state index contributed by atoms with van der Waals surface area (Å²) in [6.07, 6.45) is 0.294. The van der Waals surface area contributed by atoms with Crippen molar-refractivity contribution in [1.82, 2.24) is 14.5 Å². The standard InChI is InChI=1S/C25H24N4O3/c26-23-27-18-29(24(31)28-23)16-22(30)17-32-25(19-10-4-1-5-11-19,20-12-6-2-7-13-20)21-14-8-3-9-15-21/h1-15,18,22,30H,16-17H2,(H2,26,28,31)/t22-/m0/s1. The highest BCUT2D eigenvalue weighted by Crippen LogP contribution is 2.40. The number of nitrogens with two attached hydrogens (primary N) is 1. The summed E-state index contributed by atoms with van der Waals surface area (Å²) < 4.78 is 7.76. The first-order valence-corrected chi connectivity index (χ1v) is 10.3. The topological polar surface area (TPSA) is 103 Å². The number of aliphatic hydroxyl groups excluding tert-OH is 1. The van der Waals surface area contributed by atoms with Gasteiger partial charge in [-0.2, -0.15) is 4.98 Å². The molecule has 0 saturated carbocycles. The van der Waals surface area contributed by atoms with Crippen molar-refractivity contribution >= 4 is 5.95 Å². The Bertz CT molecular complexity index is 1100. The quantitative estimate of drug-likeness (QED) is 0.418. The lowest BCUT2D eigenvalue weighted by Crippen LogP contribution is -2.38. The third-order valence-electron chi connectivity index (χ3n) is 5.23. The molecule has 0 aliphatic rings. The van der Waals surface area contributed by atoms with Crippen molar-refractivity contribution in [3.63, 3.8) is 0 Å². The smallest absolute Gasteiger partial charge is 0.352 e. The Labute approximate surface area is 185 Å². The van der Waals surface area contributed by atoms with Crippen molar-refractivity contribution in [1.29, 1.82) is 0 Å². The zero-order valence-corrected chi connectivity index (χ0v) is 17.4. The molecule has 0 bridgehead atoms. The van der Waals surface area contributed by atoms with E-state index in [1.807, 2.05) is 91.0 Å². The van der Waals surface area contributed by atoms with E-state index in [2.05, 4.69) is 9.97 Å². The Kier molecular flexibility index (Phi) is 6.39. The Morgan fingerprint density at radius 1 is 0.875 bits per heavy atom. The highest BCUT2D eigenvalue weighted by atomic mass is 16.5. The van der Waals surface area contributed by atoms with Gasteiger partial charge in [-0.3, -0.25) is 4.57 Å². The van der Waals surface area contributed by atoms with E-state index in [0.717, 1.165) is 16.7 Å². The monoisotopic (exact) mass is 428 g/mol. The van der Waals surface area contributed by atoms with Crippen LogP contribution in [0.4, 0.5) is 5.95 Å². The zero-order chi connectivity index (χ0) is 22.4. The molecule has 7 nitrogen and oxygen atoms in total. The molecular formula is C25H24N4O3. The van der Waals surface area contributed by atoms with E-state index in [4.69, 9.17) is 10.5 Å². The molecule has 3 aromatic carbocycles. The fraction of sp³-hybridized carbons (Fsp3) is 0.160. The van der Waals surface area contributed by atoms with Crippen LogP contribution < -0.4 is 11.4 Å². The third kappa shape index (κ3) is 4.44. The molecule has 0 saturated heterocycles. The molecule has 0 aliphatic heterocycles. The predicted octanol–water partition coefficient (Wildman–Crippen LogP) is 2.59. The van der Waals surface area contributed by atoms with Crippen LogP contribution in [0, 0.1) is 0 Å². The molecule has 0 unspecified atom stereocenters. The van der Waals surface area contributed by atoms with Crippen LogP contribution in [-0.2, 0) is 16.9 Å². The average molecular weight is 428 g/mol. The van der Waals surface area contributed by atoms with Crippen LogP contribution in [-0.4, -0.2) is 32.4 Å². The molecule has 1 aromatic heterocycles. The number of aliphatic hydroxyl groups is 1. The van der Waals surface area contributed by atoms with E-state index in [9.17, 15) is 9.90 Å². The first kappa shape index (κ1) is 21.4. The Balaban J connectivity index is 1.72. The van der Waals surface area contributed by atoms with Gasteiger partial charge >= 0.3 is 5.69 Å². The number of nitrogens with zero attached hydrogens (tertiary/aromatic N) is 3. The fourth-order valence-corrected chi connectivity index (χ4v) is 3.76. The highest BCUT2D eigenvalue weighted by molar-refractivity contribution is 5.47. The average Bonchev–Trinajstić information content (AvgIpc) is 2.83. The predicted molar refractivity (Wildman–Crippen MR) is 122 cm³/mol. The second-order valence-electron chi connectivity index (χ2n) is 7.39. The highest BCUT2D eigenvalue weighted by Gasteiger charge is 2.38. The zero-order valence-electron chi connectivity index (χ0n) is 17.4. The molecule has 7 heteroatoms. The first-order valence-electron chi connectivity index (χ1n) is 10.3. The summed E-state index contributed by atoms with van der Waals surface area (Å²) in [4.78, 5) is 19.4. The van der Waals surface area contributed by atoms with Crippen LogP contribution >= 0.6 is 0 Å². The largest absolute Gasteiger partial charge is 0.389 e. The van der Waals surface area contributed by atoms with Crippen LogP contribution in [0.2, 0.25) is 0 Å². The lowest BCUT2D eigenvalue weighted by molar-refractivity contribution is -0.0427. The Hall–Kier alpha value is -3.81. The summed E-state index contributed by atoms with van der Waals surface area (Å²) in [7, 11) is 0. The minimum absolute atomic E-state index is 0.0203. The molecule has 32 heavy (non-hydrogen) atoms. The van der Waals surface area contributed by atoms with E-state index >= 15 is 0 Å². The van der Waals surface area contributed by atoms with Crippen LogP contribution in [0.5, 0.6) is 0 Å². The number of hydrogen-bond acceptors (Lipinski definition) is 6. The molecule has 0 amide bonds. The van der Waals surface area contributed by atoms with Gasteiger partial charge in [0.25, 0.3) is 0 Å². The van der Waals surface area contributed by atoms with Crippen molar-refractivity contribution in [2.24, 2.45) is 0 Å². The van der Waals surface area contributed by atoms with Crippen LogP contribution in [0.3, 0.4) is 0 Å². The van der Waals surface area contributed by atoms with Gasteiger partial charge < -0.3 is 15.6 Å². The number of ether oxygens (including phenoxy) is 1. The van der Waals surface area contributed by atoms with Crippen molar-refractivity contribution in [2.45, 2.75) is 18.2 Å². The summed E-state index contributed by atoms with van der Waals surface area (Å²) >= 11 is 0. The van der Waals surface area contributed by atoms with Gasteiger partial charge in [-0.25, -0.2) is 9.78 Å². The normalized spacial score (nSPS) is 12.4. The van der Waals surface area contributed by atoms with Crippen LogP contribution in [0.15, 0.2) is 102 Å². The maximum absolute atomic E-state index is 12.0. The second-order valence-corrected chi connectivity index (χ2v) is 7.39. The molecular weight excluding hydrogens is 404 g/mol. The third-order valence-corrected chi connectivity index (χ3v) is 5.23. The van der Waals surface area contributed by atoms with Gasteiger partial charge in [-0.1, -0.05) is 91.0 Å². The van der Waals surface area contributed by atoms with Gasteiger partial charge in [0.1, 0.15) is 11.9 Å². The lowest BCUT2D eigenvalue weighted by atomic mass is 9.80. The number of rotatable bonds is 8. The summed E-state index contributed by atoms with van der Waals surface area (Å²) in [6.45, 7) is -0.0525. The fourth-order valence-electron chi connectivity index (χ4n) is 3.76. The van der Waals surface area contributed by atoms with Gasteiger partial charge in [0.05, 0.1) is 19.3 Å². The molecule has 162 valence electrons. The maximum atomic E-state index is 12.0. The van der Waals surface area contributed by atoms with E-state index in [-0.39, 0.29) is 19.1 Å². The number of nitrogen functional groups attached to an aromatic ring is 1. The molecule has 4 aromatic rings. The number of anilines is 1. The van der Waals surface area contributed by atoms with Crippen molar-refractivity contribution in [2.75, 3.05) is 12.3 Å². The van der Waals surface area contributed by atoms with E-state index in [1.54, 1.807) is 0 Å². The van der Waals surface area contributed by atoms with E-state index < -0.39 is 17.4 Å².